The van der Waals surface area contributed by atoms with Crippen molar-refractivity contribution in [1.82, 2.24) is 0 Å². The Morgan fingerprint density at radius 1 is 0.767 bits per heavy atom. The molecule has 1 aliphatic carbocycles. The molecule has 1 aliphatic rings. The van der Waals surface area contributed by atoms with Crippen LogP contribution >= 0.6 is 0 Å². The van der Waals surface area contributed by atoms with Gasteiger partial charge in [0.25, 0.3) is 5.91 Å². The molecule has 0 radical (unpaired) electrons. The number of hydrogen-bond acceptors (Lipinski definition) is 4. The summed E-state index contributed by atoms with van der Waals surface area (Å²) in [5, 5.41) is 10.9. The molecule has 0 aromatic heterocycles. The number of carbonyl (C=O) groups is 4. The normalized spacial score (nSPS) is 12.6. The number of rotatable bonds is 6. The Morgan fingerprint density at radius 3 is 1.90 bits per heavy atom. The van der Waals surface area contributed by atoms with Crippen molar-refractivity contribution in [2.24, 2.45) is 5.92 Å². The predicted molar refractivity (Wildman–Crippen MR) is 116 cm³/mol. The average molecular weight is 408 g/mol. The van der Waals surface area contributed by atoms with Gasteiger partial charge in [0.15, 0.2) is 0 Å². The van der Waals surface area contributed by atoms with Gasteiger partial charge in [-0.3, -0.25) is 19.2 Å². The van der Waals surface area contributed by atoms with Crippen LogP contribution in [0.1, 0.15) is 42.6 Å². The molecule has 0 atom stereocenters. The van der Waals surface area contributed by atoms with E-state index < -0.39 is 5.91 Å². The minimum absolute atomic E-state index is 0.0147. The molecule has 0 unspecified atom stereocenters. The maximum Gasteiger partial charge on any atom is 0.255 e. The third-order valence-corrected chi connectivity index (χ3v) is 4.54. The molecular formula is C22H24N4O4. The molecule has 0 heterocycles. The number of carbonyl (C=O) groups excluding carboxylic acids is 4. The lowest BCUT2D eigenvalue weighted by Gasteiger charge is -2.13. The maximum absolute atomic E-state index is 12.9. The third kappa shape index (κ3) is 5.66. The first kappa shape index (κ1) is 21.0. The molecule has 30 heavy (non-hydrogen) atoms. The molecule has 1 fully saturated rings. The Hall–Kier alpha value is -3.68. The lowest BCUT2D eigenvalue weighted by Crippen LogP contribution is -2.16. The van der Waals surface area contributed by atoms with E-state index in [4.69, 9.17) is 0 Å². The number of aryl methyl sites for hydroxylation is 1. The molecule has 0 spiro atoms. The summed E-state index contributed by atoms with van der Waals surface area (Å²) in [6.45, 7) is 4.56. The number of nitrogens with one attached hydrogen (secondary N) is 4. The maximum atomic E-state index is 12.9. The zero-order chi connectivity index (χ0) is 21.8. The molecule has 0 aliphatic heterocycles. The van der Waals surface area contributed by atoms with Crippen LogP contribution in [0.4, 0.5) is 22.7 Å². The highest BCUT2D eigenvalue weighted by molar-refractivity contribution is 6.07. The first-order chi connectivity index (χ1) is 14.2. The Bertz CT molecular complexity index is 994. The minimum atomic E-state index is -0.414. The zero-order valence-corrected chi connectivity index (χ0v) is 17.1. The fourth-order valence-electron chi connectivity index (χ4n) is 2.93. The Balaban J connectivity index is 1.82. The fraction of sp³-hybridized carbons (Fsp3) is 0.273. The van der Waals surface area contributed by atoms with E-state index in [0.717, 1.165) is 18.4 Å². The first-order valence-electron chi connectivity index (χ1n) is 9.64. The largest absolute Gasteiger partial charge is 0.326 e. The Kier molecular flexibility index (Phi) is 6.15. The molecule has 8 heteroatoms. The van der Waals surface area contributed by atoms with Crippen LogP contribution < -0.4 is 21.3 Å². The van der Waals surface area contributed by atoms with Gasteiger partial charge in [-0.2, -0.15) is 0 Å². The topological polar surface area (TPSA) is 116 Å². The summed E-state index contributed by atoms with van der Waals surface area (Å²) < 4.78 is 0. The SMILES string of the molecule is CC(=O)Nc1cc(NC(C)=O)cc(C(=O)Nc2cc(NC(=O)C3CC3)ccc2C)c1. The van der Waals surface area contributed by atoms with Crippen molar-refractivity contribution in [1.29, 1.82) is 0 Å². The second-order valence-corrected chi connectivity index (χ2v) is 7.41. The third-order valence-electron chi connectivity index (χ3n) is 4.54. The summed E-state index contributed by atoms with van der Waals surface area (Å²) in [5.74, 6) is -0.942. The van der Waals surface area contributed by atoms with Gasteiger partial charge in [0.1, 0.15) is 0 Å². The van der Waals surface area contributed by atoms with Crippen LogP contribution in [0.25, 0.3) is 0 Å². The van der Waals surface area contributed by atoms with Crippen LogP contribution in [0.2, 0.25) is 0 Å². The highest BCUT2D eigenvalue weighted by Gasteiger charge is 2.29. The van der Waals surface area contributed by atoms with Gasteiger partial charge >= 0.3 is 0 Å². The smallest absolute Gasteiger partial charge is 0.255 e. The molecule has 2 aromatic carbocycles. The predicted octanol–water partition coefficient (Wildman–Crippen LogP) is 3.51. The van der Waals surface area contributed by atoms with Crippen LogP contribution in [-0.4, -0.2) is 23.6 Å². The van der Waals surface area contributed by atoms with Crippen molar-refractivity contribution in [3.05, 3.63) is 47.5 Å². The van der Waals surface area contributed by atoms with Crippen LogP contribution in [0.15, 0.2) is 36.4 Å². The summed E-state index contributed by atoms with van der Waals surface area (Å²) in [7, 11) is 0. The summed E-state index contributed by atoms with van der Waals surface area (Å²) in [6.07, 6.45) is 1.81. The van der Waals surface area contributed by atoms with Gasteiger partial charge in [-0.1, -0.05) is 6.07 Å². The van der Waals surface area contributed by atoms with Crippen molar-refractivity contribution in [3.8, 4) is 0 Å². The van der Waals surface area contributed by atoms with E-state index >= 15 is 0 Å². The second kappa shape index (κ2) is 8.77. The zero-order valence-electron chi connectivity index (χ0n) is 17.1. The summed E-state index contributed by atoms with van der Waals surface area (Å²) in [6, 6.07) is 9.93. The fourth-order valence-corrected chi connectivity index (χ4v) is 2.93. The van der Waals surface area contributed by atoms with Crippen molar-refractivity contribution in [2.45, 2.75) is 33.6 Å². The molecule has 2 aromatic rings. The van der Waals surface area contributed by atoms with Gasteiger partial charge in [-0.25, -0.2) is 0 Å². The number of benzene rings is 2. The molecule has 0 saturated heterocycles. The van der Waals surface area contributed by atoms with Gasteiger partial charge in [0.05, 0.1) is 0 Å². The van der Waals surface area contributed by atoms with Crippen molar-refractivity contribution in [3.63, 3.8) is 0 Å². The molecule has 4 amide bonds. The van der Waals surface area contributed by atoms with Gasteiger partial charge in [0, 0.05) is 48.1 Å². The van der Waals surface area contributed by atoms with Crippen LogP contribution in [0, 0.1) is 12.8 Å². The van der Waals surface area contributed by atoms with E-state index in [1.165, 1.54) is 26.0 Å². The van der Waals surface area contributed by atoms with Gasteiger partial charge in [0.2, 0.25) is 17.7 Å². The molecule has 0 bridgehead atoms. The van der Waals surface area contributed by atoms with Crippen molar-refractivity contribution in [2.75, 3.05) is 21.3 Å². The van der Waals surface area contributed by atoms with E-state index in [9.17, 15) is 19.2 Å². The first-order valence-corrected chi connectivity index (χ1v) is 9.64. The van der Waals surface area contributed by atoms with E-state index in [1.807, 2.05) is 13.0 Å². The lowest BCUT2D eigenvalue weighted by atomic mass is 10.1. The monoisotopic (exact) mass is 408 g/mol. The highest BCUT2D eigenvalue weighted by Crippen LogP contribution is 2.31. The average Bonchev–Trinajstić information content (AvgIpc) is 3.48. The molecule has 156 valence electrons. The van der Waals surface area contributed by atoms with E-state index in [2.05, 4.69) is 21.3 Å². The molecule has 8 nitrogen and oxygen atoms in total. The molecular weight excluding hydrogens is 384 g/mol. The number of amides is 4. The number of hydrogen-bond donors (Lipinski definition) is 4. The Morgan fingerprint density at radius 2 is 1.37 bits per heavy atom. The lowest BCUT2D eigenvalue weighted by molar-refractivity contribution is -0.117. The van der Waals surface area contributed by atoms with E-state index in [-0.39, 0.29) is 29.2 Å². The van der Waals surface area contributed by atoms with Gasteiger partial charge in [-0.05, 0) is 55.7 Å². The summed E-state index contributed by atoms with van der Waals surface area (Å²) >= 11 is 0. The van der Waals surface area contributed by atoms with Crippen LogP contribution in [-0.2, 0) is 14.4 Å². The quantitative estimate of drug-likeness (QED) is 0.585. The van der Waals surface area contributed by atoms with Gasteiger partial charge in [-0.15, -0.1) is 0 Å². The summed E-state index contributed by atoms with van der Waals surface area (Å²) in [4.78, 5) is 47.7. The van der Waals surface area contributed by atoms with Crippen LogP contribution in [0.5, 0.6) is 0 Å². The Labute approximate surface area is 174 Å². The van der Waals surface area contributed by atoms with Crippen LogP contribution in [0.3, 0.4) is 0 Å². The molecule has 4 N–H and O–H groups in total. The number of anilines is 4. The molecule has 3 rings (SSSR count). The van der Waals surface area contributed by atoms with Gasteiger partial charge < -0.3 is 21.3 Å². The van der Waals surface area contributed by atoms with Crippen molar-refractivity contribution >= 4 is 46.4 Å². The minimum Gasteiger partial charge on any atom is -0.326 e. The standard InChI is InChI=1S/C22H24N4O4/c1-12-4-7-17(25-21(29)15-5-6-15)11-20(12)26-22(30)16-8-18(23-13(2)27)10-19(9-16)24-14(3)28/h4,7-11,15H,5-6H2,1-3H3,(H,23,27)(H,24,28)(H,25,29)(H,26,30). The van der Waals surface area contributed by atoms with Crippen molar-refractivity contribution < 1.29 is 19.2 Å². The molecule has 1 saturated carbocycles. The summed E-state index contributed by atoms with van der Waals surface area (Å²) in [5.41, 5.74) is 3.03. The highest BCUT2D eigenvalue weighted by atomic mass is 16.2. The second-order valence-electron chi connectivity index (χ2n) is 7.41. The van der Waals surface area contributed by atoms with E-state index in [0.29, 0.717) is 22.7 Å². The van der Waals surface area contributed by atoms with E-state index in [1.54, 1.807) is 18.2 Å².